The summed E-state index contributed by atoms with van der Waals surface area (Å²) in [6, 6.07) is 9.35. The van der Waals surface area contributed by atoms with E-state index in [-0.39, 0.29) is 0 Å². The van der Waals surface area contributed by atoms with Crippen molar-refractivity contribution in [3.05, 3.63) is 52.7 Å². The number of hydrogen-bond donors (Lipinski definition) is 0. The third-order valence-electron chi connectivity index (χ3n) is 2.96. The number of oxazole rings is 2. The third kappa shape index (κ3) is 2.77. The average Bonchev–Trinajstić information content (AvgIpc) is 3.24. The van der Waals surface area contributed by atoms with Gasteiger partial charge in [0.05, 0.1) is 10.6 Å². The zero-order valence-electron chi connectivity index (χ0n) is 11.2. The normalized spacial score (nSPS) is 11.3. The van der Waals surface area contributed by atoms with Crippen molar-refractivity contribution in [3.63, 3.8) is 0 Å². The van der Waals surface area contributed by atoms with Gasteiger partial charge in [-0.3, -0.25) is 0 Å². The van der Waals surface area contributed by atoms with Gasteiger partial charge in [0, 0.05) is 10.8 Å². The molecule has 0 aliphatic heterocycles. The zero-order valence-corrected chi connectivity index (χ0v) is 13.5. The van der Waals surface area contributed by atoms with Crippen LogP contribution in [0.2, 0.25) is 5.02 Å². The van der Waals surface area contributed by atoms with Crippen molar-refractivity contribution in [1.29, 1.82) is 0 Å². The summed E-state index contributed by atoms with van der Waals surface area (Å²) in [5.74, 6) is 1.28. The lowest BCUT2D eigenvalue weighted by Crippen LogP contribution is -1.80. The number of thiophene rings is 1. The first kappa shape index (κ1) is 13.9. The van der Waals surface area contributed by atoms with Gasteiger partial charge in [0.25, 0.3) is 5.22 Å². The highest BCUT2D eigenvalue weighted by Gasteiger charge is 2.11. The van der Waals surface area contributed by atoms with Crippen molar-refractivity contribution >= 4 is 45.8 Å². The molecule has 0 saturated carbocycles. The SMILES string of the molecule is Clc1ccc2oc(SCc3coc(-c4cccs4)n3)nc2c1. The van der Waals surface area contributed by atoms with Crippen LogP contribution in [0.5, 0.6) is 0 Å². The first-order valence-electron chi connectivity index (χ1n) is 6.45. The van der Waals surface area contributed by atoms with E-state index in [9.17, 15) is 0 Å². The molecule has 0 unspecified atom stereocenters. The molecule has 0 saturated heterocycles. The Morgan fingerprint density at radius 2 is 2.18 bits per heavy atom. The van der Waals surface area contributed by atoms with Crippen molar-refractivity contribution in [1.82, 2.24) is 9.97 Å². The van der Waals surface area contributed by atoms with Crippen LogP contribution in [0.3, 0.4) is 0 Å². The molecule has 0 radical (unpaired) electrons. The molecule has 3 aromatic heterocycles. The largest absolute Gasteiger partial charge is 0.444 e. The van der Waals surface area contributed by atoms with E-state index in [1.54, 1.807) is 29.7 Å². The molecular formula is C15H9ClN2O2S2. The average molecular weight is 349 g/mol. The second kappa shape index (κ2) is 5.79. The van der Waals surface area contributed by atoms with Crippen LogP contribution in [0.1, 0.15) is 5.69 Å². The molecule has 110 valence electrons. The quantitative estimate of drug-likeness (QED) is 0.456. The van der Waals surface area contributed by atoms with Crippen LogP contribution in [0.25, 0.3) is 21.9 Å². The third-order valence-corrected chi connectivity index (χ3v) is 4.91. The maximum atomic E-state index is 5.94. The van der Waals surface area contributed by atoms with Gasteiger partial charge in [-0.05, 0) is 29.6 Å². The zero-order chi connectivity index (χ0) is 14.9. The first-order chi connectivity index (χ1) is 10.8. The van der Waals surface area contributed by atoms with Gasteiger partial charge in [-0.25, -0.2) is 9.97 Å². The molecule has 4 aromatic rings. The molecule has 4 nitrogen and oxygen atoms in total. The van der Waals surface area contributed by atoms with Gasteiger partial charge in [0.1, 0.15) is 11.8 Å². The molecule has 0 spiro atoms. The maximum absolute atomic E-state index is 5.94. The molecule has 0 fully saturated rings. The summed E-state index contributed by atoms with van der Waals surface area (Å²) >= 11 is 9.02. The second-order valence-corrected chi connectivity index (χ2v) is 6.81. The molecule has 0 N–H and O–H groups in total. The fourth-order valence-electron chi connectivity index (χ4n) is 1.96. The molecule has 22 heavy (non-hydrogen) atoms. The molecule has 3 heterocycles. The van der Waals surface area contributed by atoms with Crippen molar-refractivity contribution in [2.75, 3.05) is 0 Å². The Hall–Kier alpha value is -1.76. The van der Waals surface area contributed by atoms with E-state index in [1.807, 2.05) is 23.6 Å². The molecule has 0 atom stereocenters. The number of fused-ring (bicyclic) bond motifs is 1. The van der Waals surface area contributed by atoms with Gasteiger partial charge >= 0.3 is 0 Å². The van der Waals surface area contributed by atoms with Gasteiger partial charge in [-0.15, -0.1) is 11.3 Å². The van der Waals surface area contributed by atoms with E-state index < -0.39 is 0 Å². The second-order valence-electron chi connectivity index (χ2n) is 4.50. The number of thioether (sulfide) groups is 1. The monoisotopic (exact) mass is 348 g/mol. The van der Waals surface area contributed by atoms with E-state index in [2.05, 4.69) is 9.97 Å². The summed E-state index contributed by atoms with van der Waals surface area (Å²) in [5, 5.41) is 3.24. The van der Waals surface area contributed by atoms with Gasteiger partial charge in [0.2, 0.25) is 5.89 Å². The number of halogens is 1. The highest BCUT2D eigenvalue weighted by atomic mass is 35.5. The van der Waals surface area contributed by atoms with Crippen molar-refractivity contribution < 1.29 is 8.83 Å². The molecule has 0 amide bonds. The van der Waals surface area contributed by atoms with Crippen LogP contribution in [-0.2, 0) is 5.75 Å². The molecule has 4 rings (SSSR count). The van der Waals surface area contributed by atoms with Crippen LogP contribution in [0, 0.1) is 0 Å². The van der Waals surface area contributed by atoms with E-state index >= 15 is 0 Å². The predicted molar refractivity (Wildman–Crippen MR) is 88.4 cm³/mol. The minimum atomic E-state index is 0.595. The van der Waals surface area contributed by atoms with E-state index in [0.29, 0.717) is 21.9 Å². The lowest BCUT2D eigenvalue weighted by molar-refractivity contribution is 0.489. The molecular weight excluding hydrogens is 340 g/mol. The Labute approximate surface area is 139 Å². The maximum Gasteiger partial charge on any atom is 0.257 e. The lowest BCUT2D eigenvalue weighted by Gasteiger charge is -1.90. The highest BCUT2D eigenvalue weighted by molar-refractivity contribution is 7.98. The Bertz CT molecular complexity index is 915. The minimum absolute atomic E-state index is 0.595. The molecule has 0 aliphatic carbocycles. The summed E-state index contributed by atoms with van der Waals surface area (Å²) < 4.78 is 11.2. The number of nitrogens with zero attached hydrogens (tertiary/aromatic N) is 2. The first-order valence-corrected chi connectivity index (χ1v) is 8.69. The van der Waals surface area contributed by atoms with E-state index in [4.69, 9.17) is 20.4 Å². The summed E-state index contributed by atoms with van der Waals surface area (Å²) in [5.41, 5.74) is 2.34. The van der Waals surface area contributed by atoms with E-state index in [1.165, 1.54) is 11.8 Å². The summed E-state index contributed by atoms with van der Waals surface area (Å²) in [7, 11) is 0. The van der Waals surface area contributed by atoms with Crippen LogP contribution >= 0.6 is 34.7 Å². The summed E-state index contributed by atoms with van der Waals surface area (Å²) in [6.45, 7) is 0. The van der Waals surface area contributed by atoms with Gasteiger partial charge in [-0.2, -0.15) is 0 Å². The smallest absolute Gasteiger partial charge is 0.257 e. The van der Waals surface area contributed by atoms with Crippen molar-refractivity contribution in [3.8, 4) is 10.8 Å². The Morgan fingerprint density at radius 1 is 1.23 bits per heavy atom. The van der Waals surface area contributed by atoms with Gasteiger partial charge < -0.3 is 8.83 Å². The topological polar surface area (TPSA) is 52.1 Å². The van der Waals surface area contributed by atoms with E-state index in [0.717, 1.165) is 21.7 Å². The van der Waals surface area contributed by atoms with Crippen LogP contribution in [0.15, 0.2) is 56.0 Å². The number of rotatable bonds is 4. The van der Waals surface area contributed by atoms with Crippen LogP contribution < -0.4 is 0 Å². The lowest BCUT2D eigenvalue weighted by atomic mass is 10.3. The van der Waals surface area contributed by atoms with Crippen molar-refractivity contribution in [2.24, 2.45) is 0 Å². The summed E-state index contributed by atoms with van der Waals surface area (Å²) in [6.07, 6.45) is 1.67. The minimum Gasteiger partial charge on any atom is -0.444 e. The molecule has 0 bridgehead atoms. The predicted octanol–water partition coefficient (Wildman–Crippen LogP) is 5.49. The number of aromatic nitrogens is 2. The Morgan fingerprint density at radius 3 is 3.05 bits per heavy atom. The van der Waals surface area contributed by atoms with Gasteiger partial charge in [-0.1, -0.05) is 29.4 Å². The van der Waals surface area contributed by atoms with Gasteiger partial charge in [0.15, 0.2) is 5.58 Å². The number of hydrogen-bond acceptors (Lipinski definition) is 6. The van der Waals surface area contributed by atoms with Crippen LogP contribution in [-0.4, -0.2) is 9.97 Å². The molecule has 7 heteroatoms. The fourth-order valence-corrected chi connectivity index (χ4v) is 3.50. The number of benzene rings is 1. The van der Waals surface area contributed by atoms with Crippen LogP contribution in [0.4, 0.5) is 0 Å². The molecule has 0 aliphatic rings. The molecule has 1 aromatic carbocycles. The van der Waals surface area contributed by atoms with Crippen molar-refractivity contribution in [2.45, 2.75) is 11.0 Å². The fraction of sp³-hybridized carbons (Fsp3) is 0.0667. The Kier molecular flexibility index (Phi) is 3.65. The Balaban J connectivity index is 1.49. The standard InChI is InChI=1S/C15H9ClN2O2S2/c16-9-3-4-12-11(6-9)18-15(20-12)22-8-10-7-19-14(17-10)13-2-1-5-21-13/h1-7H,8H2. The highest BCUT2D eigenvalue weighted by Crippen LogP contribution is 2.29. The summed E-state index contributed by atoms with van der Waals surface area (Å²) in [4.78, 5) is 9.89.